The van der Waals surface area contributed by atoms with E-state index in [-0.39, 0.29) is 5.82 Å². The highest BCUT2D eigenvalue weighted by atomic mass is 19.1. The van der Waals surface area contributed by atoms with Gasteiger partial charge in [0.1, 0.15) is 11.9 Å². The molecule has 5 heteroatoms. The molecule has 1 heterocycles. The number of aromatic nitrogens is 1. The number of nitriles is 1. The maximum absolute atomic E-state index is 12.9. The average molecular weight is 242 g/mol. The molecular weight excluding hydrogens is 231 g/mol. The minimum absolute atomic E-state index is 0.301. The summed E-state index contributed by atoms with van der Waals surface area (Å²) in [6.45, 7) is 1.81. The third kappa shape index (κ3) is 2.14. The van der Waals surface area contributed by atoms with E-state index in [9.17, 15) is 4.39 Å². The molecule has 0 fully saturated rings. The smallest absolute Gasteiger partial charge is 0.158 e. The van der Waals surface area contributed by atoms with E-state index in [0.717, 1.165) is 11.1 Å². The van der Waals surface area contributed by atoms with Crippen LogP contribution in [0.25, 0.3) is 11.1 Å². The largest absolute Gasteiger partial charge is 0.307 e. The maximum atomic E-state index is 12.9. The average Bonchev–Trinajstić information content (AvgIpc) is 2.39. The minimum atomic E-state index is -0.301. The Kier molecular flexibility index (Phi) is 3.22. The number of nitrogens with zero attached hydrogens (tertiary/aromatic N) is 2. The molecule has 0 aliphatic carbocycles. The maximum Gasteiger partial charge on any atom is 0.158 e. The molecule has 0 unspecified atom stereocenters. The van der Waals surface area contributed by atoms with Crippen molar-refractivity contribution in [3.05, 3.63) is 47.4 Å². The van der Waals surface area contributed by atoms with Gasteiger partial charge in [-0.2, -0.15) is 5.26 Å². The molecule has 0 amide bonds. The predicted molar refractivity (Wildman–Crippen MR) is 66.9 cm³/mol. The van der Waals surface area contributed by atoms with Crippen LogP contribution in [0.4, 0.5) is 10.2 Å². The van der Waals surface area contributed by atoms with Gasteiger partial charge in [-0.15, -0.1) is 0 Å². The first-order valence-corrected chi connectivity index (χ1v) is 5.30. The zero-order valence-corrected chi connectivity index (χ0v) is 9.74. The molecule has 0 spiro atoms. The van der Waals surface area contributed by atoms with Crippen molar-refractivity contribution >= 4 is 5.82 Å². The Labute approximate surface area is 104 Å². The van der Waals surface area contributed by atoms with Crippen molar-refractivity contribution < 1.29 is 4.39 Å². The molecule has 18 heavy (non-hydrogen) atoms. The van der Waals surface area contributed by atoms with Gasteiger partial charge in [0.05, 0.1) is 5.56 Å². The van der Waals surface area contributed by atoms with Crippen molar-refractivity contribution in [2.45, 2.75) is 6.92 Å². The first-order chi connectivity index (χ1) is 8.65. The molecule has 2 aromatic rings. The Morgan fingerprint density at radius 3 is 2.56 bits per heavy atom. The third-order valence-corrected chi connectivity index (χ3v) is 2.63. The van der Waals surface area contributed by atoms with Crippen LogP contribution in [0, 0.1) is 24.1 Å². The minimum Gasteiger partial charge on any atom is -0.307 e. The second-order valence-corrected chi connectivity index (χ2v) is 3.78. The number of hydrogen-bond acceptors (Lipinski definition) is 4. The van der Waals surface area contributed by atoms with Crippen LogP contribution >= 0.6 is 0 Å². The number of nitrogen functional groups attached to an aromatic ring is 1. The highest BCUT2D eigenvalue weighted by Gasteiger charge is 2.09. The van der Waals surface area contributed by atoms with E-state index >= 15 is 0 Å². The van der Waals surface area contributed by atoms with Gasteiger partial charge in [0.25, 0.3) is 0 Å². The standard InChI is InChI=1S/C13H11FN4/c1-8-12(9-2-4-11(14)5-3-9)6-10(7-15)13(17-8)18-16/h2-6H,16H2,1H3,(H,17,18). The lowest BCUT2D eigenvalue weighted by molar-refractivity contribution is 0.628. The number of rotatable bonds is 2. The molecule has 0 saturated heterocycles. The summed E-state index contributed by atoms with van der Waals surface area (Å²) < 4.78 is 12.9. The Balaban J connectivity index is 2.58. The van der Waals surface area contributed by atoms with Crippen molar-refractivity contribution in [1.82, 2.24) is 4.98 Å². The van der Waals surface area contributed by atoms with Crippen LogP contribution in [0.15, 0.2) is 30.3 Å². The molecule has 90 valence electrons. The Morgan fingerprint density at radius 2 is 2.00 bits per heavy atom. The summed E-state index contributed by atoms with van der Waals surface area (Å²) >= 11 is 0. The van der Waals surface area contributed by atoms with E-state index in [4.69, 9.17) is 11.1 Å². The molecule has 0 aliphatic heterocycles. The van der Waals surface area contributed by atoms with E-state index in [0.29, 0.717) is 17.1 Å². The number of halogens is 1. The monoisotopic (exact) mass is 242 g/mol. The van der Waals surface area contributed by atoms with Gasteiger partial charge in [0.15, 0.2) is 5.82 Å². The van der Waals surface area contributed by atoms with Crippen LogP contribution in [0.2, 0.25) is 0 Å². The van der Waals surface area contributed by atoms with Crippen molar-refractivity contribution in [3.63, 3.8) is 0 Å². The summed E-state index contributed by atoms with van der Waals surface area (Å²) in [7, 11) is 0. The zero-order valence-electron chi connectivity index (χ0n) is 9.74. The van der Waals surface area contributed by atoms with Gasteiger partial charge >= 0.3 is 0 Å². The number of hydrogen-bond donors (Lipinski definition) is 2. The quantitative estimate of drug-likeness (QED) is 0.626. The van der Waals surface area contributed by atoms with Crippen molar-refractivity contribution in [1.29, 1.82) is 5.26 Å². The Morgan fingerprint density at radius 1 is 1.33 bits per heavy atom. The molecule has 2 rings (SSSR count). The zero-order chi connectivity index (χ0) is 13.1. The van der Waals surface area contributed by atoms with Crippen LogP contribution < -0.4 is 11.3 Å². The normalized spacial score (nSPS) is 9.89. The molecule has 1 aromatic heterocycles. The van der Waals surface area contributed by atoms with Crippen LogP contribution in [0.1, 0.15) is 11.3 Å². The fourth-order valence-electron chi connectivity index (χ4n) is 1.72. The van der Waals surface area contributed by atoms with Crippen molar-refractivity contribution in [2.24, 2.45) is 5.84 Å². The van der Waals surface area contributed by atoms with Gasteiger partial charge in [-0.3, -0.25) is 0 Å². The number of anilines is 1. The number of hydrazine groups is 1. The van der Waals surface area contributed by atoms with E-state index in [1.807, 2.05) is 6.07 Å². The molecule has 0 saturated carbocycles. The predicted octanol–water partition coefficient (Wildman–Crippen LogP) is 2.35. The number of nitrogens with one attached hydrogen (secondary N) is 1. The highest BCUT2D eigenvalue weighted by molar-refractivity contribution is 5.70. The molecule has 3 N–H and O–H groups in total. The number of pyridine rings is 1. The first kappa shape index (κ1) is 12.0. The summed E-state index contributed by atoms with van der Waals surface area (Å²) in [6.07, 6.45) is 0. The van der Waals surface area contributed by atoms with Crippen LogP contribution in [-0.4, -0.2) is 4.98 Å². The Bertz CT molecular complexity index is 614. The van der Waals surface area contributed by atoms with E-state index < -0.39 is 0 Å². The summed E-state index contributed by atoms with van der Waals surface area (Å²) in [5.74, 6) is 5.32. The second kappa shape index (κ2) is 4.82. The van der Waals surface area contributed by atoms with E-state index in [2.05, 4.69) is 10.4 Å². The fraction of sp³-hybridized carbons (Fsp3) is 0.0769. The molecule has 0 aliphatic rings. The van der Waals surface area contributed by atoms with Crippen molar-refractivity contribution in [3.8, 4) is 17.2 Å². The van der Waals surface area contributed by atoms with Gasteiger partial charge < -0.3 is 5.43 Å². The summed E-state index contributed by atoms with van der Waals surface area (Å²) in [6, 6.07) is 9.74. The molecule has 1 aromatic carbocycles. The Hall–Kier alpha value is -2.45. The van der Waals surface area contributed by atoms with Crippen LogP contribution in [-0.2, 0) is 0 Å². The van der Waals surface area contributed by atoms with Gasteiger partial charge in [0.2, 0.25) is 0 Å². The van der Waals surface area contributed by atoms with Gasteiger partial charge in [-0.25, -0.2) is 15.2 Å². The summed E-state index contributed by atoms with van der Waals surface area (Å²) in [4.78, 5) is 4.21. The third-order valence-electron chi connectivity index (χ3n) is 2.63. The van der Waals surface area contributed by atoms with E-state index in [1.165, 1.54) is 12.1 Å². The van der Waals surface area contributed by atoms with Gasteiger partial charge in [0, 0.05) is 11.3 Å². The fourth-order valence-corrected chi connectivity index (χ4v) is 1.72. The summed E-state index contributed by atoms with van der Waals surface area (Å²) in [5, 5.41) is 9.01. The lowest BCUT2D eigenvalue weighted by atomic mass is 10.0. The molecular formula is C13H11FN4. The first-order valence-electron chi connectivity index (χ1n) is 5.30. The molecule has 0 bridgehead atoms. The summed E-state index contributed by atoms with van der Waals surface area (Å²) in [5.41, 5.74) is 5.04. The van der Waals surface area contributed by atoms with Crippen molar-refractivity contribution in [2.75, 3.05) is 5.43 Å². The van der Waals surface area contributed by atoms with Crippen LogP contribution in [0.5, 0.6) is 0 Å². The lowest BCUT2D eigenvalue weighted by Crippen LogP contribution is -2.11. The number of aryl methyl sites for hydroxylation is 1. The topological polar surface area (TPSA) is 74.7 Å². The van der Waals surface area contributed by atoms with Gasteiger partial charge in [-0.1, -0.05) is 12.1 Å². The van der Waals surface area contributed by atoms with Gasteiger partial charge in [-0.05, 0) is 30.7 Å². The number of benzene rings is 1. The molecule has 4 nitrogen and oxygen atoms in total. The lowest BCUT2D eigenvalue weighted by Gasteiger charge is -2.09. The number of nitrogens with two attached hydrogens (primary N) is 1. The SMILES string of the molecule is Cc1nc(NN)c(C#N)cc1-c1ccc(F)cc1. The second-order valence-electron chi connectivity index (χ2n) is 3.78. The molecule has 0 radical (unpaired) electrons. The molecule has 0 atom stereocenters. The van der Waals surface area contributed by atoms with E-state index in [1.54, 1.807) is 25.1 Å². The van der Waals surface area contributed by atoms with Crippen LogP contribution in [0.3, 0.4) is 0 Å². The highest BCUT2D eigenvalue weighted by Crippen LogP contribution is 2.26.